The molecule has 2 aromatic rings. The fraction of sp³-hybridized carbons (Fsp3) is 0.231. The molecule has 18 heavy (non-hydrogen) atoms. The van der Waals surface area contributed by atoms with Gasteiger partial charge in [-0.2, -0.15) is 0 Å². The van der Waals surface area contributed by atoms with E-state index < -0.39 is 17.0 Å². The van der Waals surface area contributed by atoms with Gasteiger partial charge in [-0.3, -0.25) is 4.79 Å². The standard InChI is InChI=1S/C13H12O5/c1-2-6-17-9-4-3-5-10-11(9)12(14)8(7-18-10)13(15)16/h3-5,7H,2,6H2,1H3,(H,15,16). The van der Waals surface area contributed by atoms with Gasteiger partial charge in [-0.05, 0) is 18.6 Å². The van der Waals surface area contributed by atoms with Crippen LogP contribution in [0.1, 0.15) is 23.7 Å². The number of aromatic carboxylic acids is 1. The van der Waals surface area contributed by atoms with Gasteiger partial charge in [-0.25, -0.2) is 4.79 Å². The van der Waals surface area contributed by atoms with Crippen LogP contribution >= 0.6 is 0 Å². The third kappa shape index (κ3) is 2.07. The molecule has 5 heteroatoms. The van der Waals surface area contributed by atoms with Crippen LogP contribution < -0.4 is 10.2 Å². The highest BCUT2D eigenvalue weighted by atomic mass is 16.5. The number of carboxylic acid groups (broad SMARTS) is 1. The first-order valence-electron chi connectivity index (χ1n) is 5.55. The van der Waals surface area contributed by atoms with Gasteiger partial charge in [0, 0.05) is 0 Å². The van der Waals surface area contributed by atoms with Gasteiger partial charge in [-0.15, -0.1) is 0 Å². The fourth-order valence-electron chi connectivity index (χ4n) is 1.62. The summed E-state index contributed by atoms with van der Waals surface area (Å²) in [6.45, 7) is 2.39. The molecule has 0 fully saturated rings. The van der Waals surface area contributed by atoms with E-state index in [4.69, 9.17) is 14.3 Å². The molecule has 0 aliphatic carbocycles. The molecule has 2 rings (SSSR count). The number of benzene rings is 1. The molecule has 0 aliphatic rings. The van der Waals surface area contributed by atoms with Gasteiger partial charge < -0.3 is 14.3 Å². The van der Waals surface area contributed by atoms with E-state index in [0.29, 0.717) is 17.9 Å². The second kappa shape index (κ2) is 4.91. The molecule has 0 aliphatic heterocycles. The van der Waals surface area contributed by atoms with Crippen molar-refractivity contribution in [1.29, 1.82) is 0 Å². The van der Waals surface area contributed by atoms with E-state index in [-0.39, 0.29) is 5.39 Å². The zero-order chi connectivity index (χ0) is 13.1. The predicted molar refractivity (Wildman–Crippen MR) is 65.2 cm³/mol. The van der Waals surface area contributed by atoms with Crippen molar-refractivity contribution >= 4 is 16.9 Å². The normalized spacial score (nSPS) is 10.5. The summed E-state index contributed by atoms with van der Waals surface area (Å²) in [5.41, 5.74) is -0.663. The minimum atomic E-state index is -1.31. The van der Waals surface area contributed by atoms with Crippen molar-refractivity contribution in [3.05, 3.63) is 40.2 Å². The Morgan fingerprint density at radius 2 is 2.22 bits per heavy atom. The number of ether oxygens (including phenoxy) is 1. The number of hydrogen-bond acceptors (Lipinski definition) is 4. The van der Waals surface area contributed by atoms with Crippen LogP contribution in [0, 0.1) is 0 Å². The zero-order valence-corrected chi connectivity index (χ0v) is 9.80. The second-order valence-corrected chi connectivity index (χ2v) is 3.76. The largest absolute Gasteiger partial charge is 0.493 e. The third-order valence-corrected chi connectivity index (χ3v) is 2.46. The lowest BCUT2D eigenvalue weighted by atomic mass is 10.1. The summed E-state index contributed by atoms with van der Waals surface area (Å²) in [6.07, 6.45) is 1.75. The maximum absolute atomic E-state index is 12.0. The summed E-state index contributed by atoms with van der Waals surface area (Å²) in [5, 5.41) is 9.06. The first kappa shape index (κ1) is 12.2. The average molecular weight is 248 g/mol. The number of rotatable bonds is 4. The summed E-state index contributed by atoms with van der Waals surface area (Å²) in [4.78, 5) is 22.9. The third-order valence-electron chi connectivity index (χ3n) is 2.46. The highest BCUT2D eigenvalue weighted by Crippen LogP contribution is 2.23. The van der Waals surface area contributed by atoms with Gasteiger partial charge in [0.15, 0.2) is 0 Å². The highest BCUT2D eigenvalue weighted by Gasteiger charge is 2.16. The molecule has 0 atom stereocenters. The molecule has 0 amide bonds. The first-order chi connectivity index (χ1) is 8.65. The molecule has 1 aromatic carbocycles. The quantitative estimate of drug-likeness (QED) is 0.898. The van der Waals surface area contributed by atoms with Gasteiger partial charge in [0.05, 0.1) is 6.61 Å². The molecule has 0 bridgehead atoms. The van der Waals surface area contributed by atoms with Crippen LogP contribution in [-0.2, 0) is 0 Å². The summed E-state index contributed by atoms with van der Waals surface area (Å²) in [7, 11) is 0. The Hall–Kier alpha value is -2.30. The topological polar surface area (TPSA) is 76.7 Å². The Bertz CT molecular complexity index is 641. The van der Waals surface area contributed by atoms with E-state index in [0.717, 1.165) is 12.7 Å². The van der Waals surface area contributed by atoms with E-state index in [9.17, 15) is 9.59 Å². The summed E-state index contributed by atoms with van der Waals surface area (Å²) in [5.74, 6) is -0.956. The minimum Gasteiger partial charge on any atom is -0.493 e. The summed E-state index contributed by atoms with van der Waals surface area (Å²) >= 11 is 0. The Morgan fingerprint density at radius 1 is 1.44 bits per heavy atom. The molecule has 0 spiro atoms. The molecule has 1 aromatic heterocycles. The minimum absolute atomic E-state index is 0.172. The van der Waals surface area contributed by atoms with Crippen LogP contribution in [0.15, 0.2) is 33.7 Å². The average Bonchev–Trinajstić information content (AvgIpc) is 2.36. The SMILES string of the molecule is CCCOc1cccc2occ(C(=O)O)c(=O)c12. The predicted octanol–water partition coefficient (Wildman–Crippen LogP) is 2.28. The molecule has 94 valence electrons. The zero-order valence-electron chi connectivity index (χ0n) is 9.80. The molecule has 0 unspecified atom stereocenters. The van der Waals surface area contributed by atoms with E-state index in [1.807, 2.05) is 6.92 Å². The number of fused-ring (bicyclic) bond motifs is 1. The number of carboxylic acids is 1. The molecule has 0 saturated heterocycles. The maximum Gasteiger partial charge on any atom is 0.342 e. The number of hydrogen-bond donors (Lipinski definition) is 1. The van der Waals surface area contributed by atoms with E-state index in [2.05, 4.69) is 0 Å². The number of carbonyl (C=O) groups is 1. The monoisotopic (exact) mass is 248 g/mol. The summed E-state index contributed by atoms with van der Waals surface area (Å²) in [6, 6.07) is 4.92. The Balaban J connectivity index is 2.69. The van der Waals surface area contributed by atoms with Crippen LogP contribution in [0.3, 0.4) is 0 Å². The maximum atomic E-state index is 12.0. The lowest BCUT2D eigenvalue weighted by Gasteiger charge is -2.07. The van der Waals surface area contributed by atoms with Crippen LogP contribution in [0.5, 0.6) is 5.75 Å². The highest BCUT2D eigenvalue weighted by molar-refractivity contribution is 5.93. The van der Waals surface area contributed by atoms with E-state index >= 15 is 0 Å². The van der Waals surface area contributed by atoms with E-state index in [1.165, 1.54) is 0 Å². The van der Waals surface area contributed by atoms with Gasteiger partial charge in [-0.1, -0.05) is 13.0 Å². The Labute approximate surface area is 103 Å². The Kier molecular flexibility index (Phi) is 3.32. The lowest BCUT2D eigenvalue weighted by Crippen LogP contribution is -2.15. The van der Waals surface area contributed by atoms with Crippen LogP contribution in [0.25, 0.3) is 11.0 Å². The molecule has 0 saturated carbocycles. The van der Waals surface area contributed by atoms with Crippen molar-refractivity contribution in [2.24, 2.45) is 0 Å². The van der Waals surface area contributed by atoms with Crippen molar-refractivity contribution < 1.29 is 19.1 Å². The lowest BCUT2D eigenvalue weighted by molar-refractivity contribution is 0.0693. The smallest absolute Gasteiger partial charge is 0.342 e. The first-order valence-corrected chi connectivity index (χ1v) is 5.55. The molecule has 1 heterocycles. The van der Waals surface area contributed by atoms with Gasteiger partial charge in [0.2, 0.25) is 5.43 Å². The molecular weight excluding hydrogens is 236 g/mol. The van der Waals surface area contributed by atoms with Crippen molar-refractivity contribution in [2.45, 2.75) is 13.3 Å². The van der Waals surface area contributed by atoms with Crippen molar-refractivity contribution in [3.63, 3.8) is 0 Å². The van der Waals surface area contributed by atoms with Gasteiger partial charge >= 0.3 is 5.97 Å². The second-order valence-electron chi connectivity index (χ2n) is 3.76. The van der Waals surface area contributed by atoms with Crippen LogP contribution in [0.4, 0.5) is 0 Å². The fourth-order valence-corrected chi connectivity index (χ4v) is 1.62. The van der Waals surface area contributed by atoms with Crippen molar-refractivity contribution in [3.8, 4) is 5.75 Å². The van der Waals surface area contributed by atoms with E-state index in [1.54, 1.807) is 18.2 Å². The Morgan fingerprint density at radius 3 is 2.89 bits per heavy atom. The summed E-state index contributed by atoms with van der Waals surface area (Å²) < 4.78 is 10.6. The molecule has 0 radical (unpaired) electrons. The van der Waals surface area contributed by atoms with Crippen molar-refractivity contribution in [1.82, 2.24) is 0 Å². The molecule has 5 nitrogen and oxygen atoms in total. The van der Waals surface area contributed by atoms with Crippen molar-refractivity contribution in [2.75, 3.05) is 6.61 Å². The van der Waals surface area contributed by atoms with Gasteiger partial charge in [0.1, 0.15) is 28.5 Å². The van der Waals surface area contributed by atoms with Crippen LogP contribution in [0.2, 0.25) is 0 Å². The molecule has 1 N–H and O–H groups in total. The van der Waals surface area contributed by atoms with Crippen LogP contribution in [-0.4, -0.2) is 17.7 Å². The molecular formula is C13H12O5. The van der Waals surface area contributed by atoms with Gasteiger partial charge in [0.25, 0.3) is 0 Å².